The molecule has 0 atom stereocenters. The summed E-state index contributed by atoms with van der Waals surface area (Å²) in [6, 6.07) is 10.3. The normalized spacial score (nSPS) is 11.1. The summed E-state index contributed by atoms with van der Waals surface area (Å²) >= 11 is 0. The molecule has 1 N–H and O–H groups in total. The summed E-state index contributed by atoms with van der Waals surface area (Å²) in [4.78, 5) is 12.0. The van der Waals surface area contributed by atoms with E-state index in [1.54, 1.807) is 31.2 Å². The SMILES string of the molecule is COc1ccc(S(=O)(=O)CCC(=O)Nc2ccc(C)c(F)c2)cc1. The predicted molar refractivity (Wildman–Crippen MR) is 89.4 cm³/mol. The van der Waals surface area contributed by atoms with E-state index in [1.165, 1.54) is 25.3 Å². The largest absolute Gasteiger partial charge is 0.497 e. The molecule has 0 spiro atoms. The Morgan fingerprint density at radius 1 is 1.17 bits per heavy atom. The lowest BCUT2D eigenvalue weighted by Crippen LogP contribution is -2.17. The van der Waals surface area contributed by atoms with E-state index in [4.69, 9.17) is 4.74 Å². The van der Waals surface area contributed by atoms with Crippen molar-refractivity contribution in [2.75, 3.05) is 18.2 Å². The van der Waals surface area contributed by atoms with Gasteiger partial charge < -0.3 is 10.1 Å². The molecule has 5 nitrogen and oxygen atoms in total. The van der Waals surface area contributed by atoms with Crippen LogP contribution in [0.15, 0.2) is 47.4 Å². The van der Waals surface area contributed by atoms with Crippen molar-refractivity contribution < 1.29 is 22.3 Å². The first-order chi connectivity index (χ1) is 11.3. The lowest BCUT2D eigenvalue weighted by atomic mass is 10.2. The van der Waals surface area contributed by atoms with Gasteiger partial charge in [0.15, 0.2) is 9.84 Å². The van der Waals surface area contributed by atoms with Crippen molar-refractivity contribution in [3.63, 3.8) is 0 Å². The number of methoxy groups -OCH3 is 1. The number of benzene rings is 2. The minimum Gasteiger partial charge on any atom is -0.497 e. The molecular formula is C17H18FNO4S. The molecule has 0 unspecified atom stereocenters. The number of halogens is 1. The third kappa shape index (κ3) is 4.55. The van der Waals surface area contributed by atoms with Crippen molar-refractivity contribution in [1.29, 1.82) is 0 Å². The lowest BCUT2D eigenvalue weighted by Gasteiger charge is -2.08. The highest BCUT2D eigenvalue weighted by Crippen LogP contribution is 2.18. The Kier molecular flexibility index (Phi) is 5.56. The molecule has 0 aromatic heterocycles. The third-order valence-corrected chi connectivity index (χ3v) is 5.20. The highest BCUT2D eigenvalue weighted by Gasteiger charge is 2.17. The van der Waals surface area contributed by atoms with Crippen LogP contribution in [0.4, 0.5) is 10.1 Å². The maximum absolute atomic E-state index is 13.4. The second-order valence-electron chi connectivity index (χ2n) is 5.26. The third-order valence-electron chi connectivity index (χ3n) is 3.47. The Balaban J connectivity index is 1.97. The van der Waals surface area contributed by atoms with Crippen LogP contribution in [0.1, 0.15) is 12.0 Å². The Morgan fingerprint density at radius 2 is 1.83 bits per heavy atom. The van der Waals surface area contributed by atoms with Crippen molar-refractivity contribution in [1.82, 2.24) is 0 Å². The van der Waals surface area contributed by atoms with Crippen molar-refractivity contribution in [3.05, 3.63) is 53.8 Å². The maximum Gasteiger partial charge on any atom is 0.225 e. The summed E-state index contributed by atoms with van der Waals surface area (Å²) < 4.78 is 42.8. The van der Waals surface area contributed by atoms with Gasteiger partial charge in [-0.2, -0.15) is 0 Å². The molecule has 0 saturated carbocycles. The van der Waals surface area contributed by atoms with Crippen LogP contribution in [0.25, 0.3) is 0 Å². The molecule has 2 aromatic carbocycles. The molecule has 1 amide bonds. The highest BCUT2D eigenvalue weighted by molar-refractivity contribution is 7.91. The summed E-state index contributed by atoms with van der Waals surface area (Å²) in [6.07, 6.45) is -0.218. The van der Waals surface area contributed by atoms with Gasteiger partial charge in [0.1, 0.15) is 11.6 Å². The molecule has 24 heavy (non-hydrogen) atoms. The van der Waals surface area contributed by atoms with Crippen LogP contribution in [-0.4, -0.2) is 27.2 Å². The number of carbonyl (C=O) groups is 1. The number of rotatable bonds is 6. The summed E-state index contributed by atoms with van der Waals surface area (Å²) in [5, 5.41) is 2.49. The highest BCUT2D eigenvalue weighted by atomic mass is 32.2. The monoisotopic (exact) mass is 351 g/mol. The van der Waals surface area contributed by atoms with E-state index >= 15 is 0 Å². The van der Waals surface area contributed by atoms with E-state index in [1.807, 2.05) is 0 Å². The quantitative estimate of drug-likeness (QED) is 0.868. The lowest BCUT2D eigenvalue weighted by molar-refractivity contribution is -0.115. The number of ether oxygens (including phenoxy) is 1. The number of sulfone groups is 1. The second-order valence-corrected chi connectivity index (χ2v) is 7.37. The molecule has 7 heteroatoms. The molecule has 0 aliphatic carbocycles. The van der Waals surface area contributed by atoms with Crippen molar-refractivity contribution in [3.8, 4) is 5.75 Å². The van der Waals surface area contributed by atoms with Crippen LogP contribution in [-0.2, 0) is 14.6 Å². The Hall–Kier alpha value is -2.41. The van der Waals surface area contributed by atoms with Crippen LogP contribution in [0.2, 0.25) is 0 Å². The molecule has 0 saturated heterocycles. The zero-order valence-corrected chi connectivity index (χ0v) is 14.2. The van der Waals surface area contributed by atoms with Gasteiger partial charge in [-0.1, -0.05) is 6.07 Å². The van der Waals surface area contributed by atoms with Gasteiger partial charge in [-0.15, -0.1) is 0 Å². The number of hydrogen-bond acceptors (Lipinski definition) is 4. The molecule has 0 aliphatic rings. The van der Waals surface area contributed by atoms with E-state index in [-0.39, 0.29) is 17.1 Å². The van der Waals surface area contributed by atoms with Crippen molar-refractivity contribution >= 4 is 21.4 Å². The smallest absolute Gasteiger partial charge is 0.225 e. The van der Waals surface area contributed by atoms with Crippen LogP contribution >= 0.6 is 0 Å². The molecule has 2 rings (SSSR count). The second kappa shape index (κ2) is 7.44. The van der Waals surface area contributed by atoms with Gasteiger partial charge in [0.05, 0.1) is 17.8 Å². The minimum atomic E-state index is -3.58. The average molecular weight is 351 g/mol. The topological polar surface area (TPSA) is 72.5 Å². The Bertz CT molecular complexity index is 832. The number of carbonyl (C=O) groups excluding carboxylic acids is 1. The fourth-order valence-electron chi connectivity index (χ4n) is 2.02. The molecular weight excluding hydrogens is 333 g/mol. The predicted octanol–water partition coefficient (Wildman–Crippen LogP) is 2.95. The summed E-state index contributed by atoms with van der Waals surface area (Å²) in [6.45, 7) is 1.61. The van der Waals surface area contributed by atoms with Gasteiger partial charge in [-0.25, -0.2) is 12.8 Å². The summed E-state index contributed by atoms with van der Waals surface area (Å²) in [5.41, 5.74) is 0.764. The Morgan fingerprint density at radius 3 is 2.42 bits per heavy atom. The van der Waals surface area contributed by atoms with E-state index in [2.05, 4.69) is 5.32 Å². The average Bonchev–Trinajstić information content (AvgIpc) is 2.56. The molecule has 0 bridgehead atoms. The fourth-order valence-corrected chi connectivity index (χ4v) is 3.26. The first-order valence-corrected chi connectivity index (χ1v) is 8.90. The van der Waals surface area contributed by atoms with Crippen molar-refractivity contribution in [2.24, 2.45) is 0 Å². The van der Waals surface area contributed by atoms with E-state index < -0.39 is 21.6 Å². The summed E-state index contributed by atoms with van der Waals surface area (Å²) in [7, 11) is -2.09. The van der Waals surface area contributed by atoms with Gasteiger partial charge in [-0.05, 0) is 48.9 Å². The fraction of sp³-hybridized carbons (Fsp3) is 0.235. The van der Waals surface area contributed by atoms with E-state index in [9.17, 15) is 17.6 Å². The summed E-state index contributed by atoms with van der Waals surface area (Å²) in [5.74, 6) is -0.707. The van der Waals surface area contributed by atoms with Gasteiger partial charge in [0.2, 0.25) is 5.91 Å². The van der Waals surface area contributed by atoms with Crippen LogP contribution in [0.3, 0.4) is 0 Å². The van der Waals surface area contributed by atoms with Gasteiger partial charge in [-0.3, -0.25) is 4.79 Å². The van der Waals surface area contributed by atoms with Crippen LogP contribution in [0.5, 0.6) is 5.75 Å². The Labute approximate surface area is 140 Å². The number of anilines is 1. The molecule has 2 aromatic rings. The van der Waals surface area contributed by atoms with E-state index in [0.29, 0.717) is 17.0 Å². The molecule has 0 radical (unpaired) electrons. The molecule has 0 aliphatic heterocycles. The molecule has 0 fully saturated rings. The number of nitrogens with one attached hydrogen (secondary N) is 1. The maximum atomic E-state index is 13.4. The number of aryl methyl sites for hydroxylation is 1. The minimum absolute atomic E-state index is 0.123. The zero-order chi connectivity index (χ0) is 17.7. The zero-order valence-electron chi connectivity index (χ0n) is 13.4. The molecule has 0 heterocycles. The van der Waals surface area contributed by atoms with Crippen molar-refractivity contribution in [2.45, 2.75) is 18.2 Å². The van der Waals surface area contributed by atoms with Crippen LogP contribution in [0, 0.1) is 12.7 Å². The number of hydrogen-bond donors (Lipinski definition) is 1. The molecule has 128 valence electrons. The van der Waals surface area contributed by atoms with E-state index in [0.717, 1.165) is 0 Å². The van der Waals surface area contributed by atoms with Gasteiger partial charge in [0, 0.05) is 12.1 Å². The van der Waals surface area contributed by atoms with Gasteiger partial charge >= 0.3 is 0 Å². The standard InChI is InChI=1S/C17H18FNO4S/c1-12-3-4-13(11-16(12)18)19-17(20)9-10-24(21,22)15-7-5-14(23-2)6-8-15/h3-8,11H,9-10H2,1-2H3,(H,19,20). The first-order valence-electron chi connectivity index (χ1n) is 7.24. The number of amides is 1. The van der Waals surface area contributed by atoms with Gasteiger partial charge in [0.25, 0.3) is 0 Å². The van der Waals surface area contributed by atoms with Crippen LogP contribution < -0.4 is 10.1 Å². The first kappa shape index (κ1) is 17.9.